The van der Waals surface area contributed by atoms with Gasteiger partial charge in [0.05, 0.1) is 22.7 Å². The van der Waals surface area contributed by atoms with Crippen LogP contribution in [0.3, 0.4) is 0 Å². The molecule has 71 heavy (non-hydrogen) atoms. The molecule has 0 spiro atoms. The zero-order valence-electron chi connectivity index (χ0n) is 46.3. The van der Waals surface area contributed by atoms with Gasteiger partial charge in [-0.25, -0.2) is 0 Å². The van der Waals surface area contributed by atoms with Gasteiger partial charge in [-0.15, -0.1) is 0 Å². The number of aryl methyl sites for hydroxylation is 12. The van der Waals surface area contributed by atoms with Crippen molar-refractivity contribution in [3.05, 3.63) is 223 Å². The van der Waals surface area contributed by atoms with Gasteiger partial charge >= 0.3 is 0 Å². The predicted octanol–water partition coefficient (Wildman–Crippen LogP) is 16.3. The summed E-state index contributed by atoms with van der Waals surface area (Å²) in [5.41, 5.74) is 25.3. The van der Waals surface area contributed by atoms with Crippen LogP contribution in [0.4, 0.5) is 34.1 Å². The number of benzene rings is 8. The van der Waals surface area contributed by atoms with Crippen molar-refractivity contribution in [2.45, 2.75) is 135 Å². The van der Waals surface area contributed by atoms with E-state index in [1.807, 2.05) is 0 Å². The maximum Gasteiger partial charge on any atom is 0.179 e. The van der Waals surface area contributed by atoms with Crippen LogP contribution in [0.5, 0.6) is 0 Å². The zero-order chi connectivity index (χ0) is 51.5. The lowest BCUT2D eigenvalue weighted by atomic mass is 9.87. The van der Waals surface area contributed by atoms with Gasteiger partial charge in [0.1, 0.15) is 0 Å². The fraction of sp³-hybridized carbons (Fsp3) is 0.294. The standard InChI is InChI=1S/C68H78N2Si/c1-43-35-47(5)63(48(6)36-43)69(64-49(7)37-44(2)38-50(64)8)57-23-31-61(32-24-57)71(59-27-19-55(20-28-59)67(13,14)15,60-29-21-56(22-30-60)68(16,17)18)62-33-25-58(26-34-62)70(65-51(9)39-45(3)40-52(65)10)66-53(11)41-46(4)42-54(66)12/h19-42H,1-18H3. The maximum absolute atomic E-state index is 3.05. The molecule has 0 aliphatic heterocycles. The average Bonchev–Trinajstić information content (AvgIpc) is 3.27. The van der Waals surface area contributed by atoms with E-state index in [9.17, 15) is 0 Å². The summed E-state index contributed by atoms with van der Waals surface area (Å²) in [5.74, 6) is 0. The molecule has 0 amide bonds. The van der Waals surface area contributed by atoms with Crippen molar-refractivity contribution in [1.29, 1.82) is 0 Å². The molecule has 8 aromatic carbocycles. The smallest absolute Gasteiger partial charge is 0.179 e. The maximum atomic E-state index is 2.53. The quantitative estimate of drug-likeness (QED) is 0.0996. The Balaban J connectivity index is 1.43. The molecule has 2 nitrogen and oxygen atoms in total. The number of hydrogen-bond acceptors (Lipinski definition) is 2. The first-order valence-corrected chi connectivity index (χ1v) is 27.7. The monoisotopic (exact) mass is 951 g/mol. The third-order valence-corrected chi connectivity index (χ3v) is 19.7. The SMILES string of the molecule is Cc1cc(C)c(N(c2ccc([Si](c3ccc(N(c4c(C)cc(C)cc4C)c4c(C)cc(C)cc4C)cc3)(c3ccc(C(C)(C)C)cc3)c3ccc(C(C)(C)C)cc3)cc2)c2c(C)cc(C)cc2C)c(C)c1. The van der Waals surface area contributed by atoms with Gasteiger partial charge in [0.2, 0.25) is 0 Å². The van der Waals surface area contributed by atoms with E-state index in [4.69, 9.17) is 0 Å². The van der Waals surface area contributed by atoms with Gasteiger partial charge in [-0.05, 0) is 195 Å². The van der Waals surface area contributed by atoms with Crippen LogP contribution in [-0.2, 0) is 10.8 Å². The number of hydrogen-bond donors (Lipinski definition) is 0. The van der Waals surface area contributed by atoms with Crippen LogP contribution in [0.15, 0.2) is 146 Å². The molecule has 8 rings (SSSR count). The van der Waals surface area contributed by atoms with Crippen molar-refractivity contribution in [1.82, 2.24) is 0 Å². The Morgan fingerprint density at radius 3 is 0.634 bits per heavy atom. The minimum atomic E-state index is -3.05. The minimum Gasteiger partial charge on any atom is -0.309 e. The Morgan fingerprint density at radius 2 is 0.451 bits per heavy atom. The van der Waals surface area contributed by atoms with Crippen molar-refractivity contribution in [2.75, 3.05) is 9.80 Å². The van der Waals surface area contributed by atoms with Crippen LogP contribution in [0.25, 0.3) is 0 Å². The second-order valence-electron chi connectivity index (χ2n) is 23.2. The third kappa shape index (κ3) is 9.71. The summed E-state index contributed by atoms with van der Waals surface area (Å²) in [7, 11) is -3.05. The molecule has 0 bridgehead atoms. The number of anilines is 6. The van der Waals surface area contributed by atoms with Gasteiger partial charge in [-0.2, -0.15) is 0 Å². The second-order valence-corrected chi connectivity index (χ2v) is 27.0. The van der Waals surface area contributed by atoms with Crippen LogP contribution in [0.2, 0.25) is 0 Å². The summed E-state index contributed by atoms with van der Waals surface area (Å²) in [4.78, 5) is 5.07. The average molecular weight is 951 g/mol. The van der Waals surface area contributed by atoms with Crippen molar-refractivity contribution >= 4 is 62.9 Å². The molecule has 0 saturated carbocycles. The molecule has 364 valence electrons. The van der Waals surface area contributed by atoms with Crippen molar-refractivity contribution in [3.8, 4) is 0 Å². The van der Waals surface area contributed by atoms with Gasteiger partial charge in [0.25, 0.3) is 0 Å². The normalized spacial score (nSPS) is 12.1. The van der Waals surface area contributed by atoms with Crippen molar-refractivity contribution in [2.24, 2.45) is 0 Å². The predicted molar refractivity (Wildman–Crippen MR) is 314 cm³/mol. The van der Waals surface area contributed by atoms with E-state index < -0.39 is 8.07 Å². The van der Waals surface area contributed by atoms with E-state index in [-0.39, 0.29) is 10.8 Å². The second kappa shape index (κ2) is 19.3. The molecule has 0 atom stereocenters. The summed E-state index contributed by atoms with van der Waals surface area (Å²) in [5, 5.41) is 5.44. The molecule has 0 radical (unpaired) electrons. The summed E-state index contributed by atoms with van der Waals surface area (Å²) in [6, 6.07) is 57.6. The lowest BCUT2D eigenvalue weighted by Crippen LogP contribution is -2.74. The first-order chi connectivity index (χ1) is 33.4. The molecular formula is C68H78N2Si. The van der Waals surface area contributed by atoms with E-state index in [0.29, 0.717) is 0 Å². The summed E-state index contributed by atoms with van der Waals surface area (Å²) in [6.45, 7) is 40.9. The molecule has 8 aromatic rings. The Kier molecular flexibility index (Phi) is 13.8. The third-order valence-electron chi connectivity index (χ3n) is 14.9. The largest absolute Gasteiger partial charge is 0.309 e. The highest BCUT2D eigenvalue weighted by atomic mass is 28.3. The van der Waals surface area contributed by atoms with Crippen LogP contribution < -0.4 is 30.5 Å². The molecular weight excluding hydrogens is 873 g/mol. The summed E-state index contributed by atoms with van der Waals surface area (Å²) in [6.07, 6.45) is 0. The van der Waals surface area contributed by atoms with Gasteiger partial charge in [-0.3, -0.25) is 0 Å². The molecule has 0 aliphatic carbocycles. The van der Waals surface area contributed by atoms with Crippen molar-refractivity contribution < 1.29 is 0 Å². The van der Waals surface area contributed by atoms with Crippen LogP contribution in [-0.4, -0.2) is 8.07 Å². The molecule has 3 heteroatoms. The van der Waals surface area contributed by atoms with Crippen molar-refractivity contribution in [3.63, 3.8) is 0 Å². The first kappa shape index (κ1) is 50.9. The molecule has 0 heterocycles. The highest BCUT2D eigenvalue weighted by Crippen LogP contribution is 2.44. The van der Waals surface area contributed by atoms with E-state index in [0.717, 1.165) is 11.4 Å². The first-order valence-electron chi connectivity index (χ1n) is 25.7. The van der Waals surface area contributed by atoms with E-state index in [1.54, 1.807) is 0 Å². The Hall–Kier alpha value is -6.42. The zero-order valence-corrected chi connectivity index (χ0v) is 47.3. The van der Waals surface area contributed by atoms with Gasteiger partial charge in [0, 0.05) is 11.4 Å². The summed E-state index contributed by atoms with van der Waals surface area (Å²) >= 11 is 0. The van der Waals surface area contributed by atoms with Gasteiger partial charge in [0.15, 0.2) is 8.07 Å². The highest BCUT2D eigenvalue weighted by molar-refractivity contribution is 7.19. The molecule has 0 aromatic heterocycles. The number of rotatable bonds is 10. The summed E-state index contributed by atoms with van der Waals surface area (Å²) < 4.78 is 0. The molecule has 0 saturated heterocycles. The van der Waals surface area contributed by atoms with Crippen LogP contribution >= 0.6 is 0 Å². The molecule has 0 N–H and O–H groups in total. The number of nitrogens with zero attached hydrogens (tertiary/aromatic N) is 2. The Labute approximate surface area is 429 Å². The van der Waals surface area contributed by atoms with E-state index >= 15 is 0 Å². The van der Waals surface area contributed by atoms with Gasteiger partial charge in [-0.1, -0.05) is 185 Å². The van der Waals surface area contributed by atoms with E-state index in [1.165, 1.54) is 121 Å². The Morgan fingerprint density at radius 1 is 0.268 bits per heavy atom. The lowest BCUT2D eigenvalue weighted by molar-refractivity contribution is 0.590. The minimum absolute atomic E-state index is 0.0181. The molecule has 0 aliphatic rings. The van der Waals surface area contributed by atoms with Crippen LogP contribution in [0, 0.1) is 83.1 Å². The molecule has 0 unspecified atom stereocenters. The highest BCUT2D eigenvalue weighted by Gasteiger charge is 2.42. The fourth-order valence-electron chi connectivity index (χ4n) is 12.0. The molecule has 0 fully saturated rings. The Bertz CT molecular complexity index is 2820. The van der Waals surface area contributed by atoms with Crippen LogP contribution in [0.1, 0.15) is 119 Å². The lowest BCUT2D eigenvalue weighted by Gasteiger charge is -2.37. The van der Waals surface area contributed by atoms with Gasteiger partial charge < -0.3 is 9.80 Å². The topological polar surface area (TPSA) is 6.48 Å². The fourth-order valence-corrected chi connectivity index (χ4v) is 16.7. The van der Waals surface area contributed by atoms with E-state index in [2.05, 4.69) is 280 Å².